The number of aromatic nitrogens is 4. The summed E-state index contributed by atoms with van der Waals surface area (Å²) in [6, 6.07) is 0. The quantitative estimate of drug-likeness (QED) is 0.869. The fourth-order valence-electron chi connectivity index (χ4n) is 2.09. The van der Waals surface area contributed by atoms with Crippen molar-refractivity contribution in [1.29, 1.82) is 0 Å². The van der Waals surface area contributed by atoms with Crippen LogP contribution in [0.4, 0.5) is 5.69 Å². The maximum Gasteiger partial charge on any atom is 0.331 e. The number of carbonyl (C=O) groups is 2. The molecule has 2 aromatic heterocycles. The Labute approximate surface area is 139 Å². The number of aryl methyl sites for hydroxylation is 1. The van der Waals surface area contributed by atoms with Crippen LogP contribution >= 0.6 is 0 Å². The van der Waals surface area contributed by atoms with Gasteiger partial charge in [-0.25, -0.2) is 14.8 Å². The summed E-state index contributed by atoms with van der Waals surface area (Å²) in [7, 11) is 0. The van der Waals surface area contributed by atoms with Crippen molar-refractivity contribution in [2.75, 3.05) is 5.32 Å². The van der Waals surface area contributed by atoms with E-state index < -0.39 is 11.5 Å². The Morgan fingerprint density at radius 1 is 1.29 bits per heavy atom. The molecule has 0 saturated heterocycles. The molecule has 2 N–H and O–H groups in total. The normalized spacial score (nSPS) is 11.6. The number of amides is 1. The minimum atomic E-state index is -1.21. The van der Waals surface area contributed by atoms with Gasteiger partial charge in [-0.05, 0) is 26.7 Å². The van der Waals surface area contributed by atoms with Gasteiger partial charge < -0.3 is 10.4 Å². The number of hydrogen-bond acceptors (Lipinski definition) is 5. The molecular weight excluding hydrogens is 310 g/mol. The van der Waals surface area contributed by atoms with Crippen molar-refractivity contribution < 1.29 is 14.7 Å². The zero-order chi connectivity index (χ0) is 18.1. The van der Waals surface area contributed by atoms with Gasteiger partial charge in [-0.2, -0.15) is 5.10 Å². The molecule has 0 aliphatic carbocycles. The summed E-state index contributed by atoms with van der Waals surface area (Å²) in [5.41, 5.74) is 0.252. The summed E-state index contributed by atoms with van der Waals surface area (Å²) in [5, 5.41) is 15.9. The van der Waals surface area contributed by atoms with E-state index in [0.29, 0.717) is 22.8 Å². The molecule has 8 heteroatoms. The number of rotatable bonds is 5. The largest absolute Gasteiger partial charge is 0.479 e. The topological polar surface area (TPSA) is 110 Å². The molecule has 0 unspecified atom stereocenters. The van der Waals surface area contributed by atoms with E-state index in [4.69, 9.17) is 0 Å². The van der Waals surface area contributed by atoms with Crippen LogP contribution < -0.4 is 5.32 Å². The highest BCUT2D eigenvalue weighted by molar-refractivity contribution is 6.04. The first-order valence-electron chi connectivity index (χ1n) is 7.56. The van der Waals surface area contributed by atoms with Crippen LogP contribution in [-0.4, -0.2) is 36.7 Å². The Hall–Kier alpha value is -2.77. The van der Waals surface area contributed by atoms with Gasteiger partial charge in [0.25, 0.3) is 5.91 Å². The van der Waals surface area contributed by atoms with Crippen LogP contribution in [-0.2, 0) is 10.3 Å². The van der Waals surface area contributed by atoms with E-state index in [9.17, 15) is 14.7 Å². The van der Waals surface area contributed by atoms with Gasteiger partial charge in [-0.15, -0.1) is 0 Å². The molecule has 0 atom stereocenters. The van der Waals surface area contributed by atoms with Crippen molar-refractivity contribution in [2.45, 2.75) is 46.1 Å². The molecule has 8 nitrogen and oxygen atoms in total. The number of aliphatic carboxylic acids is 1. The molecule has 0 aromatic carbocycles. The monoisotopic (exact) mass is 331 g/mol. The van der Waals surface area contributed by atoms with Crippen LogP contribution in [0.25, 0.3) is 0 Å². The number of nitrogens with one attached hydrogen (secondary N) is 1. The lowest BCUT2D eigenvalue weighted by molar-refractivity contribution is -0.146. The second-order valence-corrected chi connectivity index (χ2v) is 6.36. The number of nitrogens with zero attached hydrogens (tertiary/aromatic N) is 4. The van der Waals surface area contributed by atoms with E-state index >= 15 is 0 Å². The third kappa shape index (κ3) is 3.42. The van der Waals surface area contributed by atoms with Gasteiger partial charge in [0, 0.05) is 12.4 Å². The van der Waals surface area contributed by atoms with Crippen molar-refractivity contribution in [3.63, 3.8) is 0 Å². The summed E-state index contributed by atoms with van der Waals surface area (Å²) >= 11 is 0. The molecule has 0 aliphatic rings. The Kier molecular flexibility index (Phi) is 4.68. The second-order valence-electron chi connectivity index (χ2n) is 6.36. The molecule has 2 rings (SSSR count). The Morgan fingerprint density at radius 3 is 2.54 bits per heavy atom. The Morgan fingerprint density at radius 2 is 1.96 bits per heavy atom. The predicted molar refractivity (Wildman–Crippen MR) is 88.0 cm³/mol. The molecule has 0 radical (unpaired) electrons. The van der Waals surface area contributed by atoms with Crippen molar-refractivity contribution in [3.8, 4) is 0 Å². The molecule has 0 saturated carbocycles. The zero-order valence-electron chi connectivity index (χ0n) is 14.4. The number of carbonyl (C=O) groups excluding carboxylic acids is 1. The molecule has 1 amide bonds. The van der Waals surface area contributed by atoms with Crippen molar-refractivity contribution >= 4 is 17.6 Å². The van der Waals surface area contributed by atoms with Gasteiger partial charge in [0.2, 0.25) is 0 Å². The molecule has 128 valence electrons. The average Bonchev–Trinajstić information content (AvgIpc) is 2.95. The van der Waals surface area contributed by atoms with E-state index in [0.717, 1.165) is 0 Å². The lowest BCUT2D eigenvalue weighted by atomic mass is 10.0. The Balaban J connectivity index is 2.26. The third-order valence-electron chi connectivity index (χ3n) is 3.67. The van der Waals surface area contributed by atoms with E-state index in [-0.39, 0.29) is 11.8 Å². The van der Waals surface area contributed by atoms with E-state index in [1.807, 2.05) is 13.8 Å². The first-order valence-corrected chi connectivity index (χ1v) is 7.56. The minimum absolute atomic E-state index is 0.0705. The van der Waals surface area contributed by atoms with Crippen molar-refractivity contribution in [2.24, 2.45) is 0 Å². The Bertz CT molecular complexity index is 780. The lowest BCUT2D eigenvalue weighted by Gasteiger charge is -2.19. The molecule has 0 bridgehead atoms. The van der Waals surface area contributed by atoms with Crippen LogP contribution in [0.3, 0.4) is 0 Å². The average molecular weight is 331 g/mol. The summed E-state index contributed by atoms with van der Waals surface area (Å²) in [4.78, 5) is 32.2. The molecule has 24 heavy (non-hydrogen) atoms. The van der Waals surface area contributed by atoms with Gasteiger partial charge in [0.05, 0.1) is 23.1 Å². The van der Waals surface area contributed by atoms with Crippen LogP contribution in [0.15, 0.2) is 18.6 Å². The number of hydrogen-bond donors (Lipinski definition) is 2. The number of carboxylic acids is 1. The maximum absolute atomic E-state index is 12.5. The molecule has 2 heterocycles. The fourth-order valence-corrected chi connectivity index (χ4v) is 2.09. The van der Waals surface area contributed by atoms with Gasteiger partial charge in [0.1, 0.15) is 5.82 Å². The summed E-state index contributed by atoms with van der Waals surface area (Å²) < 4.78 is 1.29. The van der Waals surface area contributed by atoms with Crippen LogP contribution in [0, 0.1) is 6.92 Å². The van der Waals surface area contributed by atoms with Crippen molar-refractivity contribution in [1.82, 2.24) is 19.7 Å². The molecule has 0 fully saturated rings. The zero-order valence-corrected chi connectivity index (χ0v) is 14.4. The number of anilines is 1. The molecule has 0 aliphatic heterocycles. The van der Waals surface area contributed by atoms with E-state index in [1.54, 1.807) is 6.92 Å². The maximum atomic E-state index is 12.5. The second kappa shape index (κ2) is 6.38. The van der Waals surface area contributed by atoms with Gasteiger partial charge in [-0.1, -0.05) is 13.8 Å². The van der Waals surface area contributed by atoms with Crippen LogP contribution in [0.2, 0.25) is 0 Å². The van der Waals surface area contributed by atoms with E-state index in [2.05, 4.69) is 20.4 Å². The van der Waals surface area contributed by atoms with Crippen LogP contribution in [0.1, 0.15) is 55.5 Å². The van der Waals surface area contributed by atoms with Gasteiger partial charge >= 0.3 is 5.97 Å². The molecule has 0 spiro atoms. The predicted octanol–water partition coefficient (Wildman–Crippen LogP) is 2.18. The standard InChI is InChI=1S/C16H21N5O3/c1-9(2)13-12(7-17-10(3)19-13)14(22)20-11-6-18-21(8-11)16(4,5)15(23)24/h6-9H,1-5H3,(H,20,22)(H,23,24). The van der Waals surface area contributed by atoms with Gasteiger partial charge in [-0.3, -0.25) is 9.48 Å². The third-order valence-corrected chi connectivity index (χ3v) is 3.67. The fraction of sp³-hybridized carbons (Fsp3) is 0.438. The van der Waals surface area contributed by atoms with Gasteiger partial charge in [0.15, 0.2) is 5.54 Å². The lowest BCUT2D eigenvalue weighted by Crippen LogP contribution is -2.35. The first-order chi connectivity index (χ1) is 11.1. The highest BCUT2D eigenvalue weighted by Crippen LogP contribution is 2.20. The number of carboxylic acid groups (broad SMARTS) is 1. The first kappa shape index (κ1) is 17.6. The summed E-state index contributed by atoms with van der Waals surface area (Å²) in [6.45, 7) is 8.72. The summed E-state index contributed by atoms with van der Waals surface area (Å²) in [5.74, 6) is -0.698. The summed E-state index contributed by atoms with van der Waals surface area (Å²) in [6.07, 6.45) is 4.39. The van der Waals surface area contributed by atoms with Crippen molar-refractivity contribution in [3.05, 3.63) is 35.7 Å². The highest BCUT2D eigenvalue weighted by atomic mass is 16.4. The minimum Gasteiger partial charge on any atom is -0.479 e. The van der Waals surface area contributed by atoms with Crippen LogP contribution in [0.5, 0.6) is 0 Å². The SMILES string of the molecule is Cc1ncc(C(=O)Nc2cnn(C(C)(C)C(=O)O)c2)c(C(C)C)n1. The van der Waals surface area contributed by atoms with E-state index in [1.165, 1.54) is 37.1 Å². The molecular formula is C16H21N5O3. The molecule has 2 aromatic rings. The smallest absolute Gasteiger partial charge is 0.331 e. The highest BCUT2D eigenvalue weighted by Gasteiger charge is 2.30.